The number of amides is 1. The highest BCUT2D eigenvalue weighted by molar-refractivity contribution is 7.89. The molecule has 0 saturated heterocycles. The monoisotopic (exact) mass is 374 g/mol. The van der Waals surface area contributed by atoms with Crippen LogP contribution in [0.2, 0.25) is 0 Å². The van der Waals surface area contributed by atoms with Crippen molar-refractivity contribution in [3.05, 3.63) is 60.2 Å². The molecule has 0 fully saturated rings. The maximum absolute atomic E-state index is 12.1. The lowest BCUT2D eigenvalue weighted by Gasteiger charge is -2.08. The summed E-state index contributed by atoms with van der Waals surface area (Å²) in [7, 11) is -3.49. The van der Waals surface area contributed by atoms with E-state index < -0.39 is 10.0 Å². The average Bonchev–Trinajstić information content (AvgIpc) is 2.63. The molecule has 0 atom stereocenters. The van der Waals surface area contributed by atoms with Crippen LogP contribution in [0.3, 0.4) is 0 Å². The molecule has 0 aromatic heterocycles. The first kappa shape index (κ1) is 20.1. The smallest absolute Gasteiger partial charge is 0.240 e. The van der Waals surface area contributed by atoms with Crippen molar-refractivity contribution in [1.29, 1.82) is 0 Å². The van der Waals surface area contributed by atoms with Gasteiger partial charge in [-0.15, -0.1) is 0 Å². The summed E-state index contributed by atoms with van der Waals surface area (Å²) in [6, 6.07) is 16.3. The number of sulfonamides is 1. The van der Waals surface area contributed by atoms with Gasteiger partial charge in [0, 0.05) is 18.7 Å². The maximum atomic E-state index is 12.1. The zero-order chi connectivity index (χ0) is 18.8. The van der Waals surface area contributed by atoms with E-state index in [1.165, 1.54) is 17.7 Å². The van der Waals surface area contributed by atoms with Crippen molar-refractivity contribution in [2.45, 2.75) is 43.9 Å². The molecular weight excluding hydrogens is 348 g/mol. The molecule has 1 amide bonds. The standard InChI is InChI=1S/C20H26N2O3S/c1-2-3-16-21-26(24,25)19-14-12-18(13-15-19)22-20(23)11-7-10-17-8-5-4-6-9-17/h4-6,8-9,12-15,21H,2-3,7,10-11,16H2,1H3,(H,22,23). The Morgan fingerprint density at radius 1 is 0.962 bits per heavy atom. The van der Waals surface area contributed by atoms with Crippen molar-refractivity contribution in [3.63, 3.8) is 0 Å². The number of carbonyl (C=O) groups excluding carboxylic acids is 1. The Morgan fingerprint density at radius 2 is 1.65 bits per heavy atom. The van der Waals surface area contributed by atoms with Crippen molar-refractivity contribution in [1.82, 2.24) is 4.72 Å². The molecule has 2 aromatic carbocycles. The normalized spacial score (nSPS) is 11.3. The molecule has 2 N–H and O–H groups in total. The number of anilines is 1. The summed E-state index contributed by atoms with van der Waals surface area (Å²) in [5, 5.41) is 2.80. The van der Waals surface area contributed by atoms with Gasteiger partial charge in [-0.25, -0.2) is 13.1 Å². The average molecular weight is 375 g/mol. The Morgan fingerprint density at radius 3 is 2.31 bits per heavy atom. The summed E-state index contributed by atoms with van der Waals surface area (Å²) < 4.78 is 26.8. The Hall–Kier alpha value is -2.18. The highest BCUT2D eigenvalue weighted by Gasteiger charge is 2.13. The minimum atomic E-state index is -3.49. The van der Waals surface area contributed by atoms with Crippen LogP contribution in [0.1, 0.15) is 38.2 Å². The number of benzene rings is 2. The number of unbranched alkanes of at least 4 members (excludes halogenated alkanes) is 1. The fourth-order valence-corrected chi connectivity index (χ4v) is 3.58. The molecular formula is C20H26N2O3S. The molecule has 0 bridgehead atoms. The fraction of sp³-hybridized carbons (Fsp3) is 0.350. The molecule has 0 heterocycles. The molecule has 0 aliphatic rings. The van der Waals surface area contributed by atoms with Crippen molar-refractivity contribution in [3.8, 4) is 0 Å². The molecule has 26 heavy (non-hydrogen) atoms. The molecule has 2 rings (SSSR count). The first-order valence-corrected chi connectivity index (χ1v) is 10.4. The second kappa shape index (κ2) is 10.1. The van der Waals surface area contributed by atoms with E-state index in [4.69, 9.17) is 0 Å². The van der Waals surface area contributed by atoms with Gasteiger partial charge >= 0.3 is 0 Å². The van der Waals surface area contributed by atoms with E-state index >= 15 is 0 Å². The van der Waals surface area contributed by atoms with Crippen molar-refractivity contribution < 1.29 is 13.2 Å². The van der Waals surface area contributed by atoms with Crippen LogP contribution in [0.5, 0.6) is 0 Å². The highest BCUT2D eigenvalue weighted by Crippen LogP contribution is 2.15. The van der Waals surface area contributed by atoms with Crippen LogP contribution in [0, 0.1) is 0 Å². The molecule has 2 aromatic rings. The van der Waals surface area contributed by atoms with Gasteiger partial charge in [0.1, 0.15) is 0 Å². The van der Waals surface area contributed by atoms with Crippen LogP contribution in [0.25, 0.3) is 0 Å². The van der Waals surface area contributed by atoms with Gasteiger partial charge in [0.2, 0.25) is 15.9 Å². The van der Waals surface area contributed by atoms with Gasteiger partial charge in [0.05, 0.1) is 4.90 Å². The molecule has 0 saturated carbocycles. The lowest BCUT2D eigenvalue weighted by Crippen LogP contribution is -2.24. The summed E-state index contributed by atoms with van der Waals surface area (Å²) >= 11 is 0. The first-order valence-electron chi connectivity index (χ1n) is 8.95. The van der Waals surface area contributed by atoms with Crippen LogP contribution in [-0.4, -0.2) is 20.9 Å². The third kappa shape index (κ3) is 6.61. The SMILES string of the molecule is CCCCNS(=O)(=O)c1ccc(NC(=O)CCCc2ccccc2)cc1. The predicted octanol–water partition coefficient (Wildman–Crippen LogP) is 3.73. The van der Waals surface area contributed by atoms with Gasteiger partial charge in [0.15, 0.2) is 0 Å². The maximum Gasteiger partial charge on any atom is 0.240 e. The van der Waals surface area contributed by atoms with E-state index in [-0.39, 0.29) is 10.8 Å². The summed E-state index contributed by atoms with van der Waals surface area (Å²) in [6.45, 7) is 2.43. The summed E-state index contributed by atoms with van der Waals surface area (Å²) in [5.74, 6) is -0.0717. The molecule has 6 heteroatoms. The van der Waals surface area contributed by atoms with E-state index in [1.807, 2.05) is 37.3 Å². The number of hydrogen-bond donors (Lipinski definition) is 2. The van der Waals surface area contributed by atoms with Gasteiger partial charge in [-0.05, 0) is 49.1 Å². The summed E-state index contributed by atoms with van der Waals surface area (Å²) in [5.41, 5.74) is 1.81. The summed E-state index contributed by atoms with van der Waals surface area (Å²) in [6.07, 6.45) is 3.78. The second-order valence-corrected chi connectivity index (χ2v) is 7.93. The zero-order valence-electron chi connectivity index (χ0n) is 15.1. The van der Waals surface area contributed by atoms with Crippen LogP contribution < -0.4 is 10.0 Å². The Labute approximate surface area is 155 Å². The number of rotatable bonds is 10. The van der Waals surface area contributed by atoms with E-state index in [9.17, 15) is 13.2 Å². The van der Waals surface area contributed by atoms with Gasteiger partial charge in [-0.1, -0.05) is 43.7 Å². The number of nitrogens with one attached hydrogen (secondary N) is 2. The molecule has 0 unspecified atom stereocenters. The third-order valence-electron chi connectivity index (χ3n) is 3.98. The zero-order valence-corrected chi connectivity index (χ0v) is 15.9. The largest absolute Gasteiger partial charge is 0.326 e. The highest BCUT2D eigenvalue weighted by atomic mass is 32.2. The molecule has 0 aliphatic heterocycles. The van der Waals surface area contributed by atoms with Crippen molar-refractivity contribution >= 4 is 21.6 Å². The quantitative estimate of drug-likeness (QED) is 0.622. The topological polar surface area (TPSA) is 75.3 Å². The van der Waals surface area contributed by atoms with E-state index in [0.29, 0.717) is 18.7 Å². The van der Waals surface area contributed by atoms with Crippen LogP contribution in [-0.2, 0) is 21.2 Å². The molecule has 0 spiro atoms. The van der Waals surface area contributed by atoms with Gasteiger partial charge in [-0.3, -0.25) is 4.79 Å². The fourth-order valence-electron chi connectivity index (χ4n) is 2.51. The third-order valence-corrected chi connectivity index (χ3v) is 5.46. The second-order valence-electron chi connectivity index (χ2n) is 6.16. The minimum Gasteiger partial charge on any atom is -0.326 e. The summed E-state index contributed by atoms with van der Waals surface area (Å²) in [4.78, 5) is 12.2. The van der Waals surface area contributed by atoms with Crippen molar-refractivity contribution in [2.24, 2.45) is 0 Å². The Balaban J connectivity index is 1.81. The van der Waals surface area contributed by atoms with Crippen LogP contribution >= 0.6 is 0 Å². The first-order chi connectivity index (χ1) is 12.5. The number of hydrogen-bond acceptors (Lipinski definition) is 3. The molecule has 0 radical (unpaired) electrons. The predicted molar refractivity (Wildman–Crippen MR) is 105 cm³/mol. The van der Waals surface area contributed by atoms with Gasteiger partial charge in [-0.2, -0.15) is 0 Å². The molecule has 0 aliphatic carbocycles. The lowest BCUT2D eigenvalue weighted by molar-refractivity contribution is -0.116. The van der Waals surface area contributed by atoms with E-state index in [0.717, 1.165) is 25.7 Å². The lowest BCUT2D eigenvalue weighted by atomic mass is 10.1. The van der Waals surface area contributed by atoms with E-state index in [1.54, 1.807) is 12.1 Å². The Kier molecular flexibility index (Phi) is 7.81. The van der Waals surface area contributed by atoms with E-state index in [2.05, 4.69) is 10.0 Å². The van der Waals surface area contributed by atoms with Gasteiger partial charge < -0.3 is 5.32 Å². The van der Waals surface area contributed by atoms with Crippen molar-refractivity contribution in [2.75, 3.05) is 11.9 Å². The van der Waals surface area contributed by atoms with Gasteiger partial charge in [0.25, 0.3) is 0 Å². The molecule has 5 nitrogen and oxygen atoms in total. The van der Waals surface area contributed by atoms with Crippen LogP contribution in [0.15, 0.2) is 59.5 Å². The molecule has 140 valence electrons. The number of aryl methyl sites for hydroxylation is 1. The minimum absolute atomic E-state index is 0.0717. The van der Waals surface area contributed by atoms with Crippen LogP contribution in [0.4, 0.5) is 5.69 Å². The number of carbonyl (C=O) groups is 1. The Bertz CT molecular complexity index is 788.